The number of β-amino-alcohol motifs (C(OH)–C–C–N with tert-alkyl or cyclic N) is 4. The summed E-state index contributed by atoms with van der Waals surface area (Å²) in [6, 6.07) is 2.78. The number of halogens is 2. The first-order valence-electron chi connectivity index (χ1n) is 10.2. The van der Waals surface area contributed by atoms with E-state index in [0.717, 1.165) is 0 Å². The van der Waals surface area contributed by atoms with Gasteiger partial charge in [-0.25, -0.2) is 24.7 Å². The number of primary amides is 1. The predicted molar refractivity (Wildman–Crippen MR) is 122 cm³/mol. The molecule has 0 aromatic carbocycles. The summed E-state index contributed by atoms with van der Waals surface area (Å²) < 4.78 is 4.55. The molecule has 1 amide bonds. The number of ether oxygens (including phenoxy) is 1. The van der Waals surface area contributed by atoms with Gasteiger partial charge < -0.3 is 40.7 Å². The molecule has 0 radical (unpaired) electrons. The minimum Gasteiger partial charge on any atom is -0.464 e. The second-order valence-corrected chi connectivity index (χ2v) is 8.37. The molecule has 35 heavy (non-hydrogen) atoms. The lowest BCUT2D eigenvalue weighted by Crippen LogP contribution is -2.24. The van der Waals surface area contributed by atoms with Crippen molar-refractivity contribution in [2.75, 3.05) is 43.1 Å². The standard InChI is InChI=1S/C10H12ClN3O4.C9H11ClN4O3/c1-18-9(17)5-2-8(13-10(11)12-5)14-3-6(15)7(16)4-14;10-9-12-4(8(11)17)1-7(13-9)14-2-5(15)6(16)3-14/h2,6-7,15-16H,3-4H2,1H3;1,5-6,15-16H,2-3H2,(H2,11,17)/t6-,7-;5-,6-/m00/s1. The number of methoxy groups -OCH3 is 1. The van der Waals surface area contributed by atoms with E-state index in [4.69, 9.17) is 28.9 Å². The van der Waals surface area contributed by atoms with E-state index in [9.17, 15) is 30.0 Å². The van der Waals surface area contributed by atoms with Gasteiger partial charge in [0.15, 0.2) is 5.69 Å². The molecule has 2 fully saturated rings. The van der Waals surface area contributed by atoms with Crippen molar-refractivity contribution in [2.24, 2.45) is 5.73 Å². The Balaban J connectivity index is 0.000000196. The highest BCUT2D eigenvalue weighted by atomic mass is 35.5. The van der Waals surface area contributed by atoms with Gasteiger partial charge in [0, 0.05) is 38.3 Å². The summed E-state index contributed by atoms with van der Waals surface area (Å²) in [5.41, 5.74) is 5.13. The van der Waals surface area contributed by atoms with Gasteiger partial charge in [0.05, 0.1) is 31.5 Å². The number of carbonyl (C=O) groups excluding carboxylic acids is 2. The average Bonchev–Trinajstić information content (AvgIpc) is 3.33. The van der Waals surface area contributed by atoms with E-state index in [2.05, 4.69) is 24.7 Å². The van der Waals surface area contributed by atoms with Gasteiger partial charge in [-0.1, -0.05) is 0 Å². The van der Waals surface area contributed by atoms with Gasteiger partial charge in [-0.2, -0.15) is 0 Å². The lowest BCUT2D eigenvalue weighted by atomic mass is 10.3. The number of amides is 1. The summed E-state index contributed by atoms with van der Waals surface area (Å²) in [5, 5.41) is 37.6. The van der Waals surface area contributed by atoms with Crippen LogP contribution < -0.4 is 15.5 Å². The Labute approximate surface area is 208 Å². The summed E-state index contributed by atoms with van der Waals surface area (Å²) in [4.78, 5) is 40.9. The molecular weight excluding hydrogens is 509 g/mol. The number of nitrogens with zero attached hydrogens (tertiary/aromatic N) is 6. The number of carbonyl (C=O) groups is 2. The van der Waals surface area contributed by atoms with E-state index in [0.29, 0.717) is 11.6 Å². The summed E-state index contributed by atoms with van der Waals surface area (Å²) in [7, 11) is 1.24. The molecule has 2 aliphatic rings. The van der Waals surface area contributed by atoms with Gasteiger partial charge in [-0.05, 0) is 23.2 Å². The van der Waals surface area contributed by atoms with Gasteiger partial charge in [0.1, 0.15) is 17.3 Å². The van der Waals surface area contributed by atoms with Gasteiger partial charge in [-0.15, -0.1) is 0 Å². The number of aliphatic hydroxyl groups excluding tert-OH is 4. The monoisotopic (exact) mass is 531 g/mol. The van der Waals surface area contributed by atoms with Crippen molar-refractivity contribution >= 4 is 46.7 Å². The quantitative estimate of drug-likeness (QED) is 0.218. The maximum atomic E-state index is 11.4. The van der Waals surface area contributed by atoms with Gasteiger partial charge in [0.25, 0.3) is 5.91 Å². The average molecular weight is 532 g/mol. The van der Waals surface area contributed by atoms with Crippen LogP contribution >= 0.6 is 23.2 Å². The van der Waals surface area contributed by atoms with Crippen LogP contribution in [0.1, 0.15) is 21.0 Å². The minimum absolute atomic E-state index is 0.00382. The van der Waals surface area contributed by atoms with Gasteiger partial charge in [0.2, 0.25) is 10.6 Å². The zero-order chi connectivity index (χ0) is 25.9. The van der Waals surface area contributed by atoms with E-state index < -0.39 is 36.3 Å². The normalized spacial score (nSPS) is 23.6. The number of hydrogen-bond acceptors (Lipinski definition) is 13. The number of hydrogen-bond donors (Lipinski definition) is 5. The van der Waals surface area contributed by atoms with Crippen LogP contribution in [0.3, 0.4) is 0 Å². The van der Waals surface area contributed by atoms with Crippen molar-refractivity contribution in [3.63, 3.8) is 0 Å². The molecule has 0 saturated carbocycles. The van der Waals surface area contributed by atoms with Crippen molar-refractivity contribution < 1.29 is 34.8 Å². The highest BCUT2D eigenvalue weighted by Gasteiger charge is 2.32. The summed E-state index contributed by atoms with van der Waals surface area (Å²) in [6.45, 7) is 0.865. The SMILES string of the molecule is COC(=O)c1cc(N2C[C@H](O)[C@@H](O)C2)nc(Cl)n1.NC(=O)c1cc(N2C[C@H](O)[C@@H](O)C2)nc(Cl)n1. The molecule has 2 aromatic rings. The fourth-order valence-corrected chi connectivity index (χ4v) is 3.74. The lowest BCUT2D eigenvalue weighted by Gasteiger charge is -2.16. The van der Waals surface area contributed by atoms with Crippen LogP contribution in [-0.2, 0) is 4.74 Å². The second-order valence-electron chi connectivity index (χ2n) is 7.70. The first kappa shape index (κ1) is 26.7. The number of aromatic nitrogens is 4. The molecule has 0 aliphatic carbocycles. The molecule has 4 heterocycles. The van der Waals surface area contributed by atoms with E-state index in [-0.39, 0.29) is 48.1 Å². The topological polar surface area (TPSA) is 208 Å². The number of anilines is 2. The van der Waals surface area contributed by atoms with Crippen LogP contribution in [0.5, 0.6) is 0 Å². The Bertz CT molecular complexity index is 1080. The molecule has 4 rings (SSSR count). The third-order valence-corrected chi connectivity index (χ3v) is 5.52. The van der Waals surface area contributed by atoms with Crippen molar-refractivity contribution in [1.29, 1.82) is 0 Å². The lowest BCUT2D eigenvalue weighted by molar-refractivity contribution is 0.0572. The minimum atomic E-state index is -0.847. The fraction of sp³-hybridized carbons (Fsp3) is 0.474. The highest BCUT2D eigenvalue weighted by Crippen LogP contribution is 2.22. The molecule has 0 bridgehead atoms. The molecule has 0 unspecified atom stereocenters. The molecule has 2 saturated heterocycles. The molecule has 2 aromatic heterocycles. The van der Waals surface area contributed by atoms with Crippen LogP contribution in [0.4, 0.5) is 11.6 Å². The largest absolute Gasteiger partial charge is 0.464 e. The van der Waals surface area contributed by atoms with Gasteiger partial charge >= 0.3 is 5.97 Å². The van der Waals surface area contributed by atoms with Crippen LogP contribution in [-0.4, -0.2) is 110 Å². The third-order valence-electron chi connectivity index (χ3n) is 5.18. The Morgan fingerprint density at radius 2 is 1.20 bits per heavy atom. The smallest absolute Gasteiger partial charge is 0.356 e. The highest BCUT2D eigenvalue weighted by molar-refractivity contribution is 6.28. The zero-order valence-corrected chi connectivity index (χ0v) is 19.8. The van der Waals surface area contributed by atoms with Crippen LogP contribution in [0.25, 0.3) is 0 Å². The number of nitrogens with two attached hydrogens (primary N) is 1. The maximum absolute atomic E-state index is 11.4. The van der Waals surface area contributed by atoms with Crippen molar-refractivity contribution in [3.8, 4) is 0 Å². The molecular formula is C19H23Cl2N7O7. The Morgan fingerprint density at radius 1 is 0.829 bits per heavy atom. The molecule has 4 atom stereocenters. The summed E-state index contributed by atoms with van der Waals surface area (Å²) in [6.07, 6.45) is -3.39. The van der Waals surface area contributed by atoms with E-state index in [1.807, 2.05) is 0 Å². The fourth-order valence-electron chi connectivity index (χ4n) is 3.38. The molecule has 190 valence electrons. The van der Waals surface area contributed by atoms with Crippen LogP contribution in [0.15, 0.2) is 12.1 Å². The Morgan fingerprint density at radius 3 is 1.57 bits per heavy atom. The second kappa shape index (κ2) is 11.2. The van der Waals surface area contributed by atoms with Crippen LogP contribution in [0.2, 0.25) is 10.6 Å². The Kier molecular flexibility index (Phi) is 8.58. The predicted octanol–water partition coefficient (Wildman–Crippen LogP) is -1.77. The number of aliphatic hydroxyl groups is 4. The van der Waals surface area contributed by atoms with Gasteiger partial charge in [-0.3, -0.25) is 4.79 Å². The molecule has 6 N–H and O–H groups in total. The third kappa shape index (κ3) is 6.62. The van der Waals surface area contributed by atoms with Crippen LogP contribution in [0, 0.1) is 0 Å². The van der Waals surface area contributed by atoms with E-state index in [1.165, 1.54) is 19.2 Å². The van der Waals surface area contributed by atoms with Crippen molar-refractivity contribution in [2.45, 2.75) is 24.4 Å². The zero-order valence-electron chi connectivity index (χ0n) is 18.3. The number of esters is 1. The molecule has 16 heteroatoms. The first-order chi connectivity index (χ1) is 16.5. The molecule has 0 spiro atoms. The summed E-state index contributed by atoms with van der Waals surface area (Å²) >= 11 is 11.4. The van der Waals surface area contributed by atoms with E-state index >= 15 is 0 Å². The molecule has 14 nitrogen and oxygen atoms in total. The first-order valence-corrected chi connectivity index (χ1v) is 10.9. The molecule has 2 aliphatic heterocycles. The maximum Gasteiger partial charge on any atom is 0.356 e. The van der Waals surface area contributed by atoms with Crippen molar-refractivity contribution in [3.05, 3.63) is 34.1 Å². The van der Waals surface area contributed by atoms with Crippen molar-refractivity contribution in [1.82, 2.24) is 19.9 Å². The van der Waals surface area contributed by atoms with E-state index in [1.54, 1.807) is 9.80 Å². The summed E-state index contributed by atoms with van der Waals surface area (Å²) in [5.74, 6) is -0.614. The Hall–Kier alpha value is -2.88. The number of rotatable bonds is 4.